The Bertz CT molecular complexity index is 545. The van der Waals surface area contributed by atoms with Gasteiger partial charge in [0, 0.05) is 23.2 Å². The molecule has 17 heavy (non-hydrogen) atoms. The molecule has 0 N–H and O–H groups in total. The van der Waals surface area contributed by atoms with Crippen LogP contribution in [0.15, 0.2) is 57.0 Å². The van der Waals surface area contributed by atoms with Gasteiger partial charge >= 0.3 is 0 Å². The van der Waals surface area contributed by atoms with Crippen molar-refractivity contribution in [1.82, 2.24) is 4.98 Å². The number of non-ortho nitro benzene ring substituents is 1. The van der Waals surface area contributed by atoms with E-state index in [9.17, 15) is 10.1 Å². The van der Waals surface area contributed by atoms with Crippen LogP contribution in [0, 0.1) is 10.1 Å². The SMILES string of the molecule is O=[N+]([O-])c1ccc(Sc2ncccc2Br)cc1. The van der Waals surface area contributed by atoms with Gasteiger partial charge < -0.3 is 0 Å². The van der Waals surface area contributed by atoms with E-state index < -0.39 is 4.92 Å². The zero-order valence-electron chi connectivity index (χ0n) is 8.54. The fourth-order valence-electron chi connectivity index (χ4n) is 1.19. The Kier molecular flexibility index (Phi) is 3.75. The summed E-state index contributed by atoms with van der Waals surface area (Å²) in [4.78, 5) is 15.2. The fraction of sp³-hybridized carbons (Fsp3) is 0. The Morgan fingerprint density at radius 3 is 2.53 bits per heavy atom. The second-order valence-electron chi connectivity index (χ2n) is 3.14. The number of halogens is 1. The molecule has 4 nitrogen and oxygen atoms in total. The van der Waals surface area contributed by atoms with Crippen LogP contribution in [0.5, 0.6) is 0 Å². The van der Waals surface area contributed by atoms with Gasteiger partial charge in [0.2, 0.25) is 0 Å². The number of nitro groups is 1. The molecule has 0 saturated heterocycles. The smallest absolute Gasteiger partial charge is 0.258 e. The summed E-state index contributed by atoms with van der Waals surface area (Å²) in [5.41, 5.74) is 0.0921. The lowest BCUT2D eigenvalue weighted by Gasteiger charge is -2.02. The Labute approximate surface area is 110 Å². The summed E-state index contributed by atoms with van der Waals surface area (Å²) >= 11 is 4.85. The molecular formula is C11H7BrN2O2S. The maximum atomic E-state index is 10.5. The van der Waals surface area contributed by atoms with Gasteiger partial charge in [0.15, 0.2) is 0 Å². The summed E-state index contributed by atoms with van der Waals surface area (Å²) in [6.45, 7) is 0. The second-order valence-corrected chi connectivity index (χ2v) is 5.06. The molecule has 0 amide bonds. The van der Waals surface area contributed by atoms with E-state index in [2.05, 4.69) is 20.9 Å². The molecule has 1 aromatic heterocycles. The lowest BCUT2D eigenvalue weighted by Crippen LogP contribution is -1.87. The Balaban J connectivity index is 2.20. The largest absolute Gasteiger partial charge is 0.269 e. The molecule has 0 aliphatic carbocycles. The summed E-state index contributed by atoms with van der Waals surface area (Å²) in [7, 11) is 0. The molecule has 2 aromatic rings. The summed E-state index contributed by atoms with van der Waals surface area (Å²) in [6, 6.07) is 10.1. The van der Waals surface area contributed by atoms with E-state index >= 15 is 0 Å². The predicted molar refractivity (Wildman–Crippen MR) is 69.2 cm³/mol. The van der Waals surface area contributed by atoms with Gasteiger partial charge in [0.25, 0.3) is 5.69 Å². The van der Waals surface area contributed by atoms with Gasteiger partial charge in [-0.2, -0.15) is 0 Å². The van der Waals surface area contributed by atoms with E-state index in [1.165, 1.54) is 23.9 Å². The van der Waals surface area contributed by atoms with E-state index in [-0.39, 0.29) is 5.69 Å². The van der Waals surface area contributed by atoms with Crippen LogP contribution < -0.4 is 0 Å². The van der Waals surface area contributed by atoms with Gasteiger partial charge in [-0.1, -0.05) is 11.8 Å². The van der Waals surface area contributed by atoms with Gasteiger partial charge in [0.1, 0.15) is 5.03 Å². The monoisotopic (exact) mass is 310 g/mol. The molecule has 1 heterocycles. The molecule has 0 bridgehead atoms. The molecular weight excluding hydrogens is 304 g/mol. The van der Waals surface area contributed by atoms with Crippen LogP contribution in [0.4, 0.5) is 5.69 Å². The van der Waals surface area contributed by atoms with Crippen molar-refractivity contribution in [3.8, 4) is 0 Å². The van der Waals surface area contributed by atoms with Crippen LogP contribution in [-0.4, -0.2) is 9.91 Å². The number of rotatable bonds is 3. The molecule has 0 radical (unpaired) electrons. The van der Waals surface area contributed by atoms with Crippen molar-refractivity contribution in [3.05, 3.63) is 57.2 Å². The first kappa shape index (κ1) is 12.1. The Morgan fingerprint density at radius 1 is 1.24 bits per heavy atom. The first-order valence-corrected chi connectivity index (χ1v) is 6.30. The number of nitro benzene ring substituents is 1. The molecule has 0 aliphatic rings. The molecule has 2 rings (SSSR count). The third-order valence-electron chi connectivity index (χ3n) is 1.99. The molecule has 86 valence electrons. The molecule has 0 aliphatic heterocycles. The summed E-state index contributed by atoms with van der Waals surface area (Å²) in [5, 5.41) is 11.3. The van der Waals surface area contributed by atoms with Crippen molar-refractivity contribution >= 4 is 33.4 Å². The van der Waals surface area contributed by atoms with E-state index in [4.69, 9.17) is 0 Å². The van der Waals surface area contributed by atoms with Crippen LogP contribution in [0.1, 0.15) is 0 Å². The van der Waals surface area contributed by atoms with Crippen LogP contribution in [0.3, 0.4) is 0 Å². The van der Waals surface area contributed by atoms with Crippen LogP contribution in [0.2, 0.25) is 0 Å². The highest BCUT2D eigenvalue weighted by Gasteiger charge is 2.06. The topological polar surface area (TPSA) is 56.0 Å². The van der Waals surface area contributed by atoms with Gasteiger partial charge in [-0.05, 0) is 40.2 Å². The van der Waals surface area contributed by atoms with Gasteiger partial charge in [0.05, 0.1) is 9.40 Å². The number of hydrogen-bond donors (Lipinski definition) is 0. The highest BCUT2D eigenvalue weighted by atomic mass is 79.9. The van der Waals surface area contributed by atoms with Crippen molar-refractivity contribution in [3.63, 3.8) is 0 Å². The minimum absolute atomic E-state index is 0.0921. The number of benzene rings is 1. The van der Waals surface area contributed by atoms with Crippen LogP contribution >= 0.6 is 27.7 Å². The normalized spacial score (nSPS) is 10.2. The third-order valence-corrected chi connectivity index (χ3v) is 3.92. The van der Waals surface area contributed by atoms with Crippen molar-refractivity contribution in [1.29, 1.82) is 0 Å². The number of hydrogen-bond acceptors (Lipinski definition) is 4. The predicted octanol–water partition coefficient (Wildman–Crippen LogP) is 3.90. The average Bonchev–Trinajstić information content (AvgIpc) is 2.33. The number of aromatic nitrogens is 1. The highest BCUT2D eigenvalue weighted by molar-refractivity contribution is 9.10. The van der Waals surface area contributed by atoms with E-state index in [1.807, 2.05) is 12.1 Å². The first-order valence-electron chi connectivity index (χ1n) is 4.69. The minimum Gasteiger partial charge on any atom is -0.258 e. The van der Waals surface area contributed by atoms with Crippen molar-refractivity contribution in [2.75, 3.05) is 0 Å². The molecule has 0 saturated carbocycles. The average molecular weight is 311 g/mol. The molecule has 6 heteroatoms. The lowest BCUT2D eigenvalue weighted by molar-refractivity contribution is -0.384. The molecule has 0 atom stereocenters. The Morgan fingerprint density at radius 2 is 1.94 bits per heavy atom. The van der Waals surface area contributed by atoms with E-state index in [1.54, 1.807) is 18.3 Å². The van der Waals surface area contributed by atoms with Gasteiger partial charge in [-0.15, -0.1) is 0 Å². The van der Waals surface area contributed by atoms with Crippen molar-refractivity contribution in [2.24, 2.45) is 0 Å². The maximum Gasteiger partial charge on any atom is 0.269 e. The van der Waals surface area contributed by atoms with Crippen LogP contribution in [0.25, 0.3) is 0 Å². The summed E-state index contributed by atoms with van der Waals surface area (Å²) in [6.07, 6.45) is 1.71. The van der Waals surface area contributed by atoms with Crippen LogP contribution in [-0.2, 0) is 0 Å². The summed E-state index contributed by atoms with van der Waals surface area (Å²) in [5.74, 6) is 0. The molecule has 0 fully saturated rings. The second kappa shape index (κ2) is 5.29. The third kappa shape index (κ3) is 3.04. The number of nitrogens with zero attached hydrogens (tertiary/aromatic N) is 2. The molecule has 1 aromatic carbocycles. The van der Waals surface area contributed by atoms with E-state index in [0.29, 0.717) is 0 Å². The minimum atomic E-state index is -0.412. The number of pyridine rings is 1. The van der Waals surface area contributed by atoms with Crippen molar-refractivity contribution < 1.29 is 4.92 Å². The zero-order chi connectivity index (χ0) is 12.3. The highest BCUT2D eigenvalue weighted by Crippen LogP contribution is 2.32. The lowest BCUT2D eigenvalue weighted by atomic mass is 10.3. The molecule has 0 unspecified atom stereocenters. The first-order chi connectivity index (χ1) is 8.16. The standard InChI is InChI=1S/C11H7BrN2O2S/c12-10-2-1-7-13-11(10)17-9-5-3-8(4-6-9)14(15)16/h1-7H. The zero-order valence-corrected chi connectivity index (χ0v) is 10.9. The quantitative estimate of drug-likeness (QED) is 0.637. The molecule has 0 spiro atoms. The fourth-order valence-corrected chi connectivity index (χ4v) is 2.47. The van der Waals surface area contributed by atoms with Gasteiger partial charge in [-0.25, -0.2) is 4.98 Å². The summed E-state index contributed by atoms with van der Waals surface area (Å²) < 4.78 is 0.906. The maximum absolute atomic E-state index is 10.5. The van der Waals surface area contributed by atoms with Gasteiger partial charge in [-0.3, -0.25) is 10.1 Å². The van der Waals surface area contributed by atoms with E-state index in [0.717, 1.165) is 14.4 Å². The Hall–Kier alpha value is -1.40. The van der Waals surface area contributed by atoms with Crippen molar-refractivity contribution in [2.45, 2.75) is 9.92 Å².